The number of amides is 1. The zero-order valence-electron chi connectivity index (χ0n) is 12.0. The zero-order valence-corrected chi connectivity index (χ0v) is 12.0. The lowest BCUT2D eigenvalue weighted by Crippen LogP contribution is -2.24. The van der Waals surface area contributed by atoms with Crippen LogP contribution in [-0.2, 0) is 9.53 Å². The third kappa shape index (κ3) is 7.26. The topological polar surface area (TPSA) is 97.8 Å². The predicted molar refractivity (Wildman–Crippen MR) is 75.4 cm³/mol. The maximum absolute atomic E-state index is 11.9. The van der Waals surface area contributed by atoms with Gasteiger partial charge >= 0.3 is 5.97 Å². The quantitative estimate of drug-likeness (QED) is 0.627. The molecule has 0 unspecified atom stereocenters. The molecule has 21 heavy (non-hydrogen) atoms. The minimum absolute atomic E-state index is 0.114. The molecule has 0 aliphatic carbocycles. The maximum Gasteiger partial charge on any atom is 0.303 e. The van der Waals surface area contributed by atoms with Crippen molar-refractivity contribution in [3.05, 3.63) is 23.9 Å². The van der Waals surface area contributed by atoms with Crippen LogP contribution in [0, 0.1) is 0 Å². The largest absolute Gasteiger partial charge is 0.481 e. The van der Waals surface area contributed by atoms with Crippen LogP contribution < -0.4 is 10.1 Å². The van der Waals surface area contributed by atoms with E-state index in [4.69, 9.17) is 14.6 Å². The Balaban J connectivity index is 2.36. The molecule has 1 rings (SSSR count). The molecule has 2 N–H and O–H groups in total. The van der Waals surface area contributed by atoms with Crippen LogP contribution in [0.1, 0.15) is 29.6 Å². The van der Waals surface area contributed by atoms with Crippen molar-refractivity contribution < 1.29 is 24.2 Å². The summed E-state index contributed by atoms with van der Waals surface area (Å²) in [7, 11) is 1.57. The number of aromatic nitrogens is 1. The summed E-state index contributed by atoms with van der Waals surface area (Å²) in [6.07, 6.45) is 2.78. The number of carbonyl (C=O) groups is 2. The molecule has 1 aromatic rings. The van der Waals surface area contributed by atoms with Crippen LogP contribution in [0.2, 0.25) is 0 Å². The number of carboxylic acids is 1. The van der Waals surface area contributed by atoms with Gasteiger partial charge in [0.1, 0.15) is 6.61 Å². The van der Waals surface area contributed by atoms with Gasteiger partial charge < -0.3 is 19.9 Å². The number of aliphatic carboxylic acids is 1. The van der Waals surface area contributed by atoms with Crippen molar-refractivity contribution in [1.82, 2.24) is 10.3 Å². The summed E-state index contributed by atoms with van der Waals surface area (Å²) in [6.45, 7) is 1.25. The molecule has 0 spiro atoms. The van der Waals surface area contributed by atoms with Crippen LogP contribution in [0.15, 0.2) is 18.3 Å². The smallest absolute Gasteiger partial charge is 0.303 e. The maximum atomic E-state index is 11.9. The first-order valence-electron chi connectivity index (χ1n) is 6.71. The minimum atomic E-state index is -0.826. The summed E-state index contributed by atoms with van der Waals surface area (Å²) in [4.78, 5) is 26.2. The Morgan fingerprint density at radius 1 is 1.33 bits per heavy atom. The number of unbranched alkanes of at least 4 members (excludes halogenated alkanes) is 1. The number of hydrogen-bond acceptors (Lipinski definition) is 5. The van der Waals surface area contributed by atoms with Crippen LogP contribution in [0.4, 0.5) is 0 Å². The molecule has 0 aliphatic rings. The molecule has 1 heterocycles. The number of ether oxygens (including phenoxy) is 2. The molecule has 0 radical (unpaired) electrons. The van der Waals surface area contributed by atoms with E-state index < -0.39 is 5.97 Å². The molecule has 1 amide bonds. The lowest BCUT2D eigenvalue weighted by atomic mass is 10.2. The van der Waals surface area contributed by atoms with Crippen molar-refractivity contribution >= 4 is 11.9 Å². The first kappa shape index (κ1) is 16.9. The van der Waals surface area contributed by atoms with Crippen LogP contribution in [-0.4, -0.2) is 48.8 Å². The second-order valence-corrected chi connectivity index (χ2v) is 4.33. The Morgan fingerprint density at radius 3 is 2.86 bits per heavy atom. The Hall–Kier alpha value is -2.15. The molecule has 0 aliphatic heterocycles. The number of hydrogen-bond donors (Lipinski definition) is 2. The normalized spacial score (nSPS) is 10.1. The molecule has 7 nitrogen and oxygen atoms in total. The van der Waals surface area contributed by atoms with E-state index in [1.54, 1.807) is 19.2 Å². The number of carboxylic acid groups (broad SMARTS) is 1. The van der Waals surface area contributed by atoms with Gasteiger partial charge in [-0.25, -0.2) is 4.98 Å². The highest BCUT2D eigenvalue weighted by atomic mass is 16.5. The number of methoxy groups -OCH3 is 1. The number of rotatable bonds is 10. The third-order valence-corrected chi connectivity index (χ3v) is 2.64. The zero-order chi connectivity index (χ0) is 15.5. The van der Waals surface area contributed by atoms with Gasteiger partial charge in [-0.15, -0.1) is 0 Å². The standard InChI is InChI=1S/C14H20N2O5/c1-20-8-9-21-12-10-11(5-7-15-12)14(19)16-6-3-2-4-13(17)18/h5,7,10H,2-4,6,8-9H2,1H3,(H,16,19)(H,17,18). The Kier molecular flexibility index (Phi) is 7.81. The van der Waals surface area contributed by atoms with Crippen molar-refractivity contribution in [1.29, 1.82) is 0 Å². The summed E-state index contributed by atoms with van der Waals surface area (Å²) in [5.74, 6) is -0.691. The molecule has 1 aromatic heterocycles. The predicted octanol–water partition coefficient (Wildman–Crippen LogP) is 1.09. The van der Waals surface area contributed by atoms with Crippen molar-refractivity contribution in [2.24, 2.45) is 0 Å². The highest BCUT2D eigenvalue weighted by Gasteiger charge is 2.07. The molecular weight excluding hydrogens is 276 g/mol. The molecule has 0 saturated heterocycles. The monoisotopic (exact) mass is 296 g/mol. The van der Waals surface area contributed by atoms with Crippen LogP contribution >= 0.6 is 0 Å². The first-order chi connectivity index (χ1) is 10.1. The van der Waals surface area contributed by atoms with E-state index in [9.17, 15) is 9.59 Å². The van der Waals surface area contributed by atoms with Gasteiger partial charge in [-0.1, -0.05) is 0 Å². The van der Waals surface area contributed by atoms with E-state index in [0.29, 0.717) is 44.0 Å². The summed E-state index contributed by atoms with van der Waals surface area (Å²) in [5.41, 5.74) is 0.454. The fourth-order valence-corrected chi connectivity index (χ4v) is 1.56. The van der Waals surface area contributed by atoms with Crippen LogP contribution in [0.5, 0.6) is 5.88 Å². The van der Waals surface area contributed by atoms with Crippen LogP contribution in [0.25, 0.3) is 0 Å². The molecule has 7 heteroatoms. The average molecular weight is 296 g/mol. The number of pyridine rings is 1. The highest BCUT2D eigenvalue weighted by Crippen LogP contribution is 2.09. The van der Waals surface area contributed by atoms with E-state index in [2.05, 4.69) is 10.3 Å². The second-order valence-electron chi connectivity index (χ2n) is 4.33. The molecule has 0 bridgehead atoms. The Morgan fingerprint density at radius 2 is 2.14 bits per heavy atom. The van der Waals surface area contributed by atoms with Crippen molar-refractivity contribution in [2.45, 2.75) is 19.3 Å². The number of nitrogens with zero attached hydrogens (tertiary/aromatic N) is 1. The second kappa shape index (κ2) is 9.71. The summed E-state index contributed by atoms with van der Waals surface area (Å²) >= 11 is 0. The van der Waals surface area contributed by atoms with E-state index in [0.717, 1.165) is 0 Å². The van der Waals surface area contributed by atoms with Crippen LogP contribution in [0.3, 0.4) is 0 Å². The fraction of sp³-hybridized carbons (Fsp3) is 0.500. The van der Waals surface area contributed by atoms with Gasteiger partial charge in [-0.2, -0.15) is 0 Å². The van der Waals surface area contributed by atoms with E-state index in [-0.39, 0.29) is 12.3 Å². The van der Waals surface area contributed by atoms with Gasteiger partial charge in [0.05, 0.1) is 6.61 Å². The third-order valence-electron chi connectivity index (χ3n) is 2.64. The molecule has 0 saturated carbocycles. The van der Waals surface area contributed by atoms with Crippen molar-refractivity contribution in [2.75, 3.05) is 26.9 Å². The van der Waals surface area contributed by atoms with Gasteiger partial charge in [-0.3, -0.25) is 9.59 Å². The SMILES string of the molecule is COCCOc1cc(C(=O)NCCCCC(=O)O)ccn1. The molecule has 0 fully saturated rings. The summed E-state index contributed by atoms with van der Waals surface area (Å²) in [5, 5.41) is 11.2. The molecular formula is C14H20N2O5. The number of carbonyl (C=O) groups excluding carboxylic acids is 1. The Bertz CT molecular complexity index is 464. The van der Waals surface area contributed by atoms with Crippen molar-refractivity contribution in [3.63, 3.8) is 0 Å². The number of nitrogens with one attached hydrogen (secondary N) is 1. The van der Waals surface area contributed by atoms with E-state index >= 15 is 0 Å². The van der Waals surface area contributed by atoms with E-state index in [1.807, 2.05) is 0 Å². The Labute approximate surface area is 123 Å². The summed E-state index contributed by atoms with van der Waals surface area (Å²) in [6, 6.07) is 3.15. The van der Waals surface area contributed by atoms with Gasteiger partial charge in [-0.05, 0) is 18.9 Å². The van der Waals surface area contributed by atoms with Gasteiger partial charge in [0, 0.05) is 37.9 Å². The fourth-order valence-electron chi connectivity index (χ4n) is 1.56. The average Bonchev–Trinajstić information content (AvgIpc) is 2.47. The highest BCUT2D eigenvalue weighted by molar-refractivity contribution is 5.94. The minimum Gasteiger partial charge on any atom is -0.481 e. The summed E-state index contributed by atoms with van der Waals surface area (Å²) < 4.78 is 10.2. The van der Waals surface area contributed by atoms with E-state index in [1.165, 1.54) is 6.20 Å². The lowest BCUT2D eigenvalue weighted by Gasteiger charge is -2.07. The van der Waals surface area contributed by atoms with Crippen molar-refractivity contribution in [3.8, 4) is 5.88 Å². The molecule has 0 atom stereocenters. The van der Waals surface area contributed by atoms with Gasteiger partial charge in [0.15, 0.2) is 0 Å². The van der Waals surface area contributed by atoms with Gasteiger partial charge in [0.2, 0.25) is 5.88 Å². The lowest BCUT2D eigenvalue weighted by molar-refractivity contribution is -0.137. The molecule has 116 valence electrons. The first-order valence-corrected chi connectivity index (χ1v) is 6.71. The molecule has 0 aromatic carbocycles. The van der Waals surface area contributed by atoms with Gasteiger partial charge in [0.25, 0.3) is 5.91 Å².